The number of benzene rings is 2. The van der Waals surface area contributed by atoms with E-state index in [1.165, 1.54) is 0 Å². The first-order valence-corrected chi connectivity index (χ1v) is 7.80. The molecule has 0 atom stereocenters. The summed E-state index contributed by atoms with van der Waals surface area (Å²) in [5.41, 5.74) is 6.65. The maximum atomic E-state index is 11.4. The second-order valence-corrected chi connectivity index (χ2v) is 5.92. The van der Waals surface area contributed by atoms with Crippen LogP contribution in [-0.4, -0.2) is 28.6 Å². The van der Waals surface area contributed by atoms with Crippen molar-refractivity contribution in [2.24, 2.45) is 9.98 Å². The number of hydrogen-bond donors (Lipinski definition) is 2. The molecule has 122 valence electrons. The van der Waals surface area contributed by atoms with Gasteiger partial charge in [-0.2, -0.15) is 0 Å². The third kappa shape index (κ3) is 2.93. The monoisotopic (exact) mass is 320 g/mol. The minimum Gasteiger partial charge on any atom is -0.306 e. The average Bonchev–Trinajstić information content (AvgIpc) is 2.92. The Balaban J connectivity index is 2.16. The van der Waals surface area contributed by atoms with Gasteiger partial charge in [-0.25, -0.2) is 9.79 Å². The number of aromatic amines is 2. The first-order valence-electron chi connectivity index (χ1n) is 7.80. The molecule has 1 heterocycles. The fourth-order valence-corrected chi connectivity index (χ4v) is 2.83. The Morgan fingerprint density at radius 3 is 2.50 bits per heavy atom. The molecular formula is C19H20N4O. The third-order valence-electron chi connectivity index (χ3n) is 3.94. The van der Waals surface area contributed by atoms with Crippen molar-refractivity contribution in [2.75, 3.05) is 7.05 Å². The predicted octanol–water partition coefficient (Wildman–Crippen LogP) is 3.69. The number of aliphatic imine (C=N–C) groups is 2. The van der Waals surface area contributed by atoms with Gasteiger partial charge in [-0.15, -0.1) is 0 Å². The van der Waals surface area contributed by atoms with Crippen LogP contribution in [0.2, 0.25) is 0 Å². The Hall–Kier alpha value is -2.95. The van der Waals surface area contributed by atoms with E-state index in [0.717, 1.165) is 44.8 Å². The number of nitrogens with one attached hydrogen (secondary N) is 2. The lowest BCUT2D eigenvalue weighted by molar-refractivity contribution is 1.22. The number of rotatable bonds is 2. The molecule has 0 amide bonds. The molecule has 0 aliphatic heterocycles. The lowest BCUT2D eigenvalue weighted by Gasteiger charge is -2.12. The zero-order chi connectivity index (χ0) is 17.3. The number of fused-ring (bicyclic) bond motifs is 1. The van der Waals surface area contributed by atoms with E-state index >= 15 is 0 Å². The summed E-state index contributed by atoms with van der Waals surface area (Å²) in [7, 11) is 1.75. The second-order valence-electron chi connectivity index (χ2n) is 5.92. The Morgan fingerprint density at radius 2 is 1.79 bits per heavy atom. The summed E-state index contributed by atoms with van der Waals surface area (Å²) >= 11 is 0. The SMILES string of the molecule is CN=C(N=C(C)C)c1cccc(-c2ccc3[nH]c(=O)[nH]c3c2)c1C. The number of amidine groups is 1. The van der Waals surface area contributed by atoms with Gasteiger partial charge >= 0.3 is 5.69 Å². The molecule has 3 aromatic rings. The smallest absolute Gasteiger partial charge is 0.306 e. The molecule has 0 bridgehead atoms. The molecule has 2 aromatic carbocycles. The standard InChI is InChI=1S/C19H20N4O/c1-11(2)21-18(20-4)15-7-5-6-14(12(15)3)13-8-9-16-17(10-13)23-19(24)22-16/h5-10H,1-4H3,(H2,22,23,24). The number of imidazole rings is 1. The van der Waals surface area contributed by atoms with Gasteiger partial charge in [0, 0.05) is 18.3 Å². The van der Waals surface area contributed by atoms with Crippen LogP contribution < -0.4 is 5.69 Å². The van der Waals surface area contributed by atoms with E-state index < -0.39 is 0 Å². The molecule has 0 aliphatic rings. The van der Waals surface area contributed by atoms with Gasteiger partial charge in [0.15, 0.2) is 5.84 Å². The van der Waals surface area contributed by atoms with E-state index in [1.54, 1.807) is 7.05 Å². The fourth-order valence-electron chi connectivity index (χ4n) is 2.83. The van der Waals surface area contributed by atoms with Crippen LogP contribution >= 0.6 is 0 Å². The van der Waals surface area contributed by atoms with Gasteiger partial charge in [0.1, 0.15) is 0 Å². The number of hydrogen-bond acceptors (Lipinski definition) is 2. The van der Waals surface area contributed by atoms with Crippen molar-refractivity contribution in [3.63, 3.8) is 0 Å². The molecule has 2 N–H and O–H groups in total. The molecule has 5 heteroatoms. The fraction of sp³-hybridized carbons (Fsp3) is 0.211. The molecule has 24 heavy (non-hydrogen) atoms. The van der Waals surface area contributed by atoms with Crippen molar-refractivity contribution in [1.29, 1.82) is 0 Å². The van der Waals surface area contributed by atoms with Crippen LogP contribution in [0, 0.1) is 6.92 Å². The van der Waals surface area contributed by atoms with Gasteiger partial charge in [-0.3, -0.25) is 4.99 Å². The quantitative estimate of drug-likeness (QED) is 0.548. The zero-order valence-corrected chi connectivity index (χ0v) is 14.3. The summed E-state index contributed by atoms with van der Waals surface area (Å²) in [6.45, 7) is 5.99. The largest absolute Gasteiger partial charge is 0.323 e. The maximum Gasteiger partial charge on any atom is 0.323 e. The molecule has 5 nitrogen and oxygen atoms in total. The Morgan fingerprint density at radius 1 is 1.04 bits per heavy atom. The van der Waals surface area contributed by atoms with Crippen LogP contribution in [0.3, 0.4) is 0 Å². The highest BCUT2D eigenvalue weighted by Gasteiger charge is 2.11. The van der Waals surface area contributed by atoms with Crippen LogP contribution in [-0.2, 0) is 0 Å². The Labute approximate surface area is 140 Å². The average molecular weight is 320 g/mol. The number of aromatic nitrogens is 2. The molecule has 0 aliphatic carbocycles. The zero-order valence-electron chi connectivity index (χ0n) is 14.3. The predicted molar refractivity (Wildman–Crippen MR) is 100 cm³/mol. The Bertz CT molecular complexity index is 1020. The van der Waals surface area contributed by atoms with Crippen LogP contribution in [0.15, 0.2) is 51.2 Å². The molecule has 0 unspecified atom stereocenters. The van der Waals surface area contributed by atoms with E-state index in [-0.39, 0.29) is 5.69 Å². The highest BCUT2D eigenvalue weighted by atomic mass is 16.1. The normalized spacial score (nSPS) is 11.8. The summed E-state index contributed by atoms with van der Waals surface area (Å²) in [6.07, 6.45) is 0. The lowest BCUT2D eigenvalue weighted by atomic mass is 9.95. The van der Waals surface area contributed by atoms with E-state index in [9.17, 15) is 4.79 Å². The van der Waals surface area contributed by atoms with E-state index in [4.69, 9.17) is 0 Å². The first kappa shape index (κ1) is 15.9. The van der Waals surface area contributed by atoms with Crippen LogP contribution in [0.4, 0.5) is 0 Å². The minimum absolute atomic E-state index is 0.194. The second kappa shape index (κ2) is 6.28. The van der Waals surface area contributed by atoms with Gasteiger partial charge in [-0.1, -0.05) is 24.3 Å². The molecule has 0 fully saturated rings. The van der Waals surface area contributed by atoms with Crippen molar-refractivity contribution < 1.29 is 0 Å². The van der Waals surface area contributed by atoms with E-state index in [1.807, 2.05) is 44.2 Å². The number of H-pyrrole nitrogens is 2. The summed E-state index contributed by atoms with van der Waals surface area (Å²) < 4.78 is 0. The first-order chi connectivity index (χ1) is 11.5. The lowest BCUT2D eigenvalue weighted by Crippen LogP contribution is -2.03. The van der Waals surface area contributed by atoms with Crippen molar-refractivity contribution in [3.8, 4) is 11.1 Å². The molecular weight excluding hydrogens is 300 g/mol. The Kier molecular flexibility index (Phi) is 4.16. The van der Waals surface area contributed by atoms with Crippen molar-refractivity contribution >= 4 is 22.6 Å². The summed E-state index contributed by atoms with van der Waals surface area (Å²) in [5.74, 6) is 0.727. The van der Waals surface area contributed by atoms with Crippen LogP contribution in [0.1, 0.15) is 25.0 Å². The summed E-state index contributed by atoms with van der Waals surface area (Å²) in [6, 6.07) is 12.0. The van der Waals surface area contributed by atoms with Gasteiger partial charge in [0.25, 0.3) is 0 Å². The van der Waals surface area contributed by atoms with Crippen molar-refractivity contribution in [1.82, 2.24) is 9.97 Å². The maximum absolute atomic E-state index is 11.4. The highest BCUT2D eigenvalue weighted by molar-refractivity contribution is 6.07. The molecule has 0 radical (unpaired) electrons. The van der Waals surface area contributed by atoms with Crippen LogP contribution in [0.25, 0.3) is 22.2 Å². The van der Waals surface area contributed by atoms with Gasteiger partial charge in [0.05, 0.1) is 11.0 Å². The summed E-state index contributed by atoms with van der Waals surface area (Å²) in [4.78, 5) is 25.9. The van der Waals surface area contributed by atoms with E-state index in [2.05, 4.69) is 32.9 Å². The minimum atomic E-state index is -0.194. The third-order valence-corrected chi connectivity index (χ3v) is 3.94. The summed E-state index contributed by atoms with van der Waals surface area (Å²) in [5, 5.41) is 0. The van der Waals surface area contributed by atoms with Gasteiger partial charge in [0.2, 0.25) is 0 Å². The number of nitrogens with zero attached hydrogens (tertiary/aromatic N) is 2. The van der Waals surface area contributed by atoms with Crippen molar-refractivity contribution in [2.45, 2.75) is 20.8 Å². The van der Waals surface area contributed by atoms with Gasteiger partial charge < -0.3 is 9.97 Å². The molecule has 3 rings (SSSR count). The van der Waals surface area contributed by atoms with Gasteiger partial charge in [-0.05, 0) is 49.6 Å². The van der Waals surface area contributed by atoms with Crippen molar-refractivity contribution in [3.05, 3.63) is 58.0 Å². The van der Waals surface area contributed by atoms with Crippen LogP contribution in [0.5, 0.6) is 0 Å². The topological polar surface area (TPSA) is 73.4 Å². The highest BCUT2D eigenvalue weighted by Crippen LogP contribution is 2.28. The molecule has 0 saturated carbocycles. The molecule has 1 aromatic heterocycles. The molecule has 0 saturated heterocycles. The van der Waals surface area contributed by atoms with E-state index in [0.29, 0.717) is 0 Å². The molecule has 0 spiro atoms.